The summed E-state index contributed by atoms with van der Waals surface area (Å²) >= 11 is 0. The van der Waals surface area contributed by atoms with Crippen LogP contribution in [0.1, 0.15) is 85.4 Å². The molecule has 0 aliphatic carbocycles. The number of nitrogens with one attached hydrogen (secondary N) is 3. The number of hydrogen-bond acceptors (Lipinski definition) is 16. The number of hydrazone groups is 1. The Morgan fingerprint density at radius 2 is 1.80 bits per heavy atom. The minimum atomic E-state index is -5.04. The number of pyridine rings is 1. The number of piperazine rings is 1. The monoisotopic (exact) mass is 1110 g/mol. The number of fused-ring (bicyclic) bond motifs is 3. The van der Waals surface area contributed by atoms with Crippen molar-refractivity contribution in [2.75, 3.05) is 50.1 Å². The number of nitrogen functional groups attached to an aromatic ring is 1. The molecule has 4 aliphatic heterocycles. The van der Waals surface area contributed by atoms with Gasteiger partial charge >= 0.3 is 12.2 Å². The number of nitrogens with two attached hydrogens (primary N) is 2. The van der Waals surface area contributed by atoms with Gasteiger partial charge in [0.1, 0.15) is 47.7 Å². The third-order valence-electron chi connectivity index (χ3n) is 15.6. The largest absolute Gasteiger partial charge is 0.486 e. The van der Waals surface area contributed by atoms with E-state index in [-0.39, 0.29) is 99.8 Å². The fourth-order valence-electron chi connectivity index (χ4n) is 11.3. The molecule has 2 bridgehead atoms. The number of likely N-dealkylation sites (tertiary alicyclic amines) is 1. The van der Waals surface area contributed by atoms with Crippen LogP contribution in [0.15, 0.2) is 95.2 Å². The normalized spacial score (nSPS) is 19.4. The van der Waals surface area contributed by atoms with Crippen molar-refractivity contribution in [1.29, 1.82) is 5.41 Å². The zero-order valence-corrected chi connectivity index (χ0v) is 45.0. The second-order valence-corrected chi connectivity index (χ2v) is 21.2. The van der Waals surface area contributed by atoms with Gasteiger partial charge in [-0.25, -0.2) is 4.39 Å². The number of anilines is 2. The molecule has 18 nitrogen and oxygen atoms in total. The van der Waals surface area contributed by atoms with Crippen LogP contribution in [0.25, 0.3) is 33.3 Å². The fourth-order valence-corrected chi connectivity index (χ4v) is 11.3. The highest BCUT2D eigenvalue weighted by Gasteiger charge is 2.43. The molecule has 0 saturated carbocycles. The molecule has 8 N–H and O–H groups in total. The molecule has 5 atom stereocenters. The molecule has 10 rings (SSSR count). The first-order valence-corrected chi connectivity index (χ1v) is 27.1. The van der Waals surface area contributed by atoms with Gasteiger partial charge in [0.05, 0.1) is 43.3 Å². The van der Waals surface area contributed by atoms with Crippen LogP contribution in [-0.4, -0.2) is 125 Å². The molecule has 424 valence electrons. The summed E-state index contributed by atoms with van der Waals surface area (Å²) in [5.74, 6) is 3.88. The average molecular weight is 1110 g/mol. The molecule has 0 spiro atoms. The number of ether oxygens (including phenoxy) is 3. The SMILES string of the molecule is Cc1c(F)cc(N)c(C=N)c1-c1c(C(F)(F)F)cc2c(N3C[C@@H]4C[C@H]3CN4)nc(OC3CCOCC3)nc2c1OCc1ccc(/C(C=N[C@H](C(=O)N2CCC[C@H]2C(=O)N[C@@H](CO)c2ccc(-c3ccccn3)cc2)C(C)C)=N/N)cc1. The number of nitrogens with zero attached hydrogens (tertiary/aromatic N) is 7. The summed E-state index contributed by atoms with van der Waals surface area (Å²) in [6.07, 6.45) is 1.34. The van der Waals surface area contributed by atoms with Crippen LogP contribution in [-0.2, 0) is 27.1 Å². The Labute approximate surface area is 465 Å². The molecule has 4 fully saturated rings. The maximum atomic E-state index is 15.8. The average Bonchev–Trinajstić information content (AvgIpc) is 4.40. The van der Waals surface area contributed by atoms with Crippen LogP contribution in [0.4, 0.5) is 29.1 Å². The Balaban J connectivity index is 0.929. The van der Waals surface area contributed by atoms with Gasteiger partial charge in [-0.3, -0.25) is 19.6 Å². The van der Waals surface area contributed by atoms with E-state index in [1.165, 1.54) is 18.0 Å². The van der Waals surface area contributed by atoms with Gasteiger partial charge in [-0.05, 0) is 73.1 Å². The van der Waals surface area contributed by atoms with Crippen LogP contribution in [0, 0.1) is 24.1 Å². The van der Waals surface area contributed by atoms with Gasteiger partial charge in [0.15, 0.2) is 5.75 Å². The van der Waals surface area contributed by atoms with Crippen molar-refractivity contribution < 1.29 is 46.5 Å². The molecule has 2 aromatic heterocycles. The van der Waals surface area contributed by atoms with Gasteiger partial charge in [0.25, 0.3) is 0 Å². The molecule has 0 unspecified atom stereocenters. The topological polar surface area (TPSA) is 252 Å². The van der Waals surface area contributed by atoms with E-state index in [1.807, 2.05) is 61.2 Å². The quantitative estimate of drug-likeness (QED) is 0.0159. The lowest BCUT2D eigenvalue weighted by atomic mass is 9.88. The number of hydrogen-bond donors (Lipinski definition) is 6. The van der Waals surface area contributed by atoms with Crippen molar-refractivity contribution >= 4 is 52.4 Å². The first-order valence-electron chi connectivity index (χ1n) is 27.1. The Morgan fingerprint density at radius 1 is 1.04 bits per heavy atom. The molecule has 0 radical (unpaired) electrons. The summed E-state index contributed by atoms with van der Waals surface area (Å²) in [6.45, 7) is 6.59. The second-order valence-electron chi connectivity index (χ2n) is 21.2. The molecule has 4 aliphatic rings. The smallest absolute Gasteiger partial charge is 0.417 e. The number of carbonyl (C=O) groups is 2. The highest BCUT2D eigenvalue weighted by Crippen LogP contribution is 2.51. The number of rotatable bonds is 18. The zero-order valence-electron chi connectivity index (χ0n) is 45.0. The number of alkyl halides is 3. The summed E-state index contributed by atoms with van der Waals surface area (Å²) in [7, 11) is 0. The number of aliphatic hydroxyl groups is 1. The first kappa shape index (κ1) is 56.2. The van der Waals surface area contributed by atoms with Gasteiger partial charge in [-0.1, -0.05) is 68.4 Å². The molecule has 6 heterocycles. The van der Waals surface area contributed by atoms with E-state index in [4.69, 9.17) is 41.2 Å². The Hall–Kier alpha value is -8.08. The van der Waals surface area contributed by atoms with Crippen molar-refractivity contribution in [3.8, 4) is 34.1 Å². The van der Waals surface area contributed by atoms with E-state index in [1.54, 1.807) is 30.5 Å². The number of benzene rings is 4. The van der Waals surface area contributed by atoms with Gasteiger partial charge in [0.2, 0.25) is 11.8 Å². The second kappa shape index (κ2) is 23.9. The van der Waals surface area contributed by atoms with E-state index >= 15 is 17.6 Å². The zero-order chi connectivity index (χ0) is 57.1. The number of aromatic nitrogens is 3. The van der Waals surface area contributed by atoms with Gasteiger partial charge < -0.3 is 56.7 Å². The number of halogens is 4. The predicted molar refractivity (Wildman–Crippen MR) is 300 cm³/mol. The number of aliphatic hydroxyl groups excluding tert-OH is 1. The van der Waals surface area contributed by atoms with Crippen LogP contribution >= 0.6 is 0 Å². The number of aliphatic imine (C=N–C) groups is 1. The number of carbonyl (C=O) groups excluding carboxylic acids is 2. The summed E-state index contributed by atoms with van der Waals surface area (Å²) in [6, 6.07) is 19.1. The van der Waals surface area contributed by atoms with Gasteiger partial charge in [-0.15, -0.1) is 0 Å². The highest BCUT2D eigenvalue weighted by molar-refractivity contribution is 6.38. The molecule has 6 aromatic rings. The lowest BCUT2D eigenvalue weighted by molar-refractivity contribution is -0.140. The minimum Gasteiger partial charge on any atom is -0.486 e. The fraction of sp³-hybridized carbons (Fsp3) is 0.390. The lowest BCUT2D eigenvalue weighted by Gasteiger charge is -2.31. The van der Waals surface area contributed by atoms with Crippen LogP contribution in [0.2, 0.25) is 0 Å². The molecule has 4 aromatic carbocycles. The number of amides is 2. The highest BCUT2D eigenvalue weighted by atomic mass is 19.4. The molecular weight excluding hydrogens is 1050 g/mol. The lowest BCUT2D eigenvalue weighted by Crippen LogP contribution is -2.50. The molecule has 22 heteroatoms. The first-order chi connectivity index (χ1) is 39.0. The Morgan fingerprint density at radius 3 is 2.44 bits per heavy atom. The molecule has 4 saturated heterocycles. The van der Waals surface area contributed by atoms with Gasteiger partial charge in [-0.2, -0.15) is 28.2 Å². The molecular formula is C59H64F4N12O6. The maximum Gasteiger partial charge on any atom is 0.417 e. The van der Waals surface area contributed by atoms with Crippen LogP contribution in [0.3, 0.4) is 0 Å². The molecule has 81 heavy (non-hydrogen) atoms. The van der Waals surface area contributed by atoms with Crippen molar-refractivity contribution in [3.05, 3.63) is 124 Å². The third-order valence-corrected chi connectivity index (χ3v) is 15.6. The maximum absolute atomic E-state index is 15.8. The van der Waals surface area contributed by atoms with Crippen molar-refractivity contribution in [3.63, 3.8) is 0 Å². The predicted octanol–water partition coefficient (Wildman–Crippen LogP) is 7.69. The van der Waals surface area contributed by atoms with Crippen molar-refractivity contribution in [1.82, 2.24) is 30.5 Å². The van der Waals surface area contributed by atoms with E-state index in [9.17, 15) is 14.7 Å². The summed E-state index contributed by atoms with van der Waals surface area (Å²) in [5, 5.41) is 29.1. The van der Waals surface area contributed by atoms with Crippen LogP contribution in [0.5, 0.6) is 11.8 Å². The summed E-state index contributed by atoms with van der Waals surface area (Å²) in [4.78, 5) is 50.4. The van der Waals surface area contributed by atoms with E-state index < -0.39 is 47.2 Å². The van der Waals surface area contributed by atoms with Gasteiger partial charge in [0, 0.05) is 95.9 Å². The van der Waals surface area contributed by atoms with E-state index in [0.717, 1.165) is 36.0 Å². The Kier molecular flexibility index (Phi) is 16.6. The third kappa shape index (κ3) is 11.8. The Bertz CT molecular complexity index is 3360. The van der Waals surface area contributed by atoms with Crippen LogP contribution < -0.4 is 36.6 Å². The summed E-state index contributed by atoms with van der Waals surface area (Å²) < 4.78 is 81.9. The summed E-state index contributed by atoms with van der Waals surface area (Å²) in [5.41, 5.74) is 7.19. The van der Waals surface area contributed by atoms with E-state index in [2.05, 4.69) is 25.7 Å². The molecule has 2 amide bonds. The van der Waals surface area contributed by atoms with Crippen molar-refractivity contribution in [2.24, 2.45) is 21.9 Å². The van der Waals surface area contributed by atoms with Crippen molar-refractivity contribution in [2.45, 2.75) is 102 Å². The van der Waals surface area contributed by atoms with E-state index in [0.29, 0.717) is 75.2 Å². The minimum absolute atomic E-state index is 0.0167. The standard InChI is InChI=1S/C59H64F4N12O6/c1-32(2)52(57(78)74-20-6-8-49(74)56(77)70-48(30-76)37-15-13-35(14-16-37)46-7-4-5-19-67-46)69-28-47(73-66)36-11-9-34(10-12-36)31-80-54-51(50-33(3)44(60)25-45(65)42(50)26-64)43(59(61,62)63)24-41-53(54)71-58(81-40-17-21-79-22-18-40)72-55(41)75-29-38-23-39(75)27-68-38/h4-5,7,9-16,19,24-26,28,32,38-40,48-49,52,64,68,76H,6,8,17-18,20-23,27,29-31,65-66H2,1-3H3,(H,70,77)/b64-26?,69-28?,73-47+/t38-,39-,48-,49-,52-/m0/s1.